The third-order valence-corrected chi connectivity index (χ3v) is 5.49. The van der Waals surface area contributed by atoms with Crippen molar-refractivity contribution in [1.29, 1.82) is 0 Å². The minimum atomic E-state index is -4.55. The fraction of sp³-hybridized carbons (Fsp3) is 0.0952. The standard InChI is InChI=1S/C21H12F5N5O2S/c22-19(23)18-8-17(13-3-5-15(6-4-13)21(24,25)26)30-20-14(10-29-31(18)20)2-1-12-7-16(11-28-9-12)34(27,32)33/h3-11,19H,(H2,27,32,33). The van der Waals surface area contributed by atoms with Crippen LogP contribution in [0, 0.1) is 11.8 Å². The lowest BCUT2D eigenvalue weighted by molar-refractivity contribution is -0.137. The molecular weight excluding hydrogens is 481 g/mol. The van der Waals surface area contributed by atoms with E-state index in [0.717, 1.165) is 41.0 Å². The van der Waals surface area contributed by atoms with Gasteiger partial charge in [-0.1, -0.05) is 24.0 Å². The van der Waals surface area contributed by atoms with Crippen LogP contribution in [0.15, 0.2) is 59.9 Å². The van der Waals surface area contributed by atoms with E-state index in [-0.39, 0.29) is 32.9 Å². The van der Waals surface area contributed by atoms with Gasteiger partial charge in [0.2, 0.25) is 10.0 Å². The molecular formula is C21H12F5N5O2S. The number of halogens is 5. The van der Waals surface area contributed by atoms with Gasteiger partial charge in [-0.3, -0.25) is 4.98 Å². The molecule has 0 aliphatic rings. The first kappa shape index (κ1) is 23.3. The third-order valence-electron chi connectivity index (χ3n) is 4.61. The van der Waals surface area contributed by atoms with E-state index in [1.165, 1.54) is 18.5 Å². The number of hydrogen-bond acceptors (Lipinski definition) is 5. The highest BCUT2D eigenvalue weighted by molar-refractivity contribution is 7.89. The number of hydrogen-bond donors (Lipinski definition) is 1. The van der Waals surface area contributed by atoms with Crippen LogP contribution in [-0.4, -0.2) is 28.0 Å². The van der Waals surface area contributed by atoms with Crippen molar-refractivity contribution in [2.75, 3.05) is 0 Å². The van der Waals surface area contributed by atoms with Gasteiger partial charge < -0.3 is 0 Å². The highest BCUT2D eigenvalue weighted by Gasteiger charge is 2.30. The molecule has 0 aliphatic carbocycles. The number of aromatic nitrogens is 4. The second kappa shape index (κ2) is 8.47. The summed E-state index contributed by atoms with van der Waals surface area (Å²) in [6, 6.07) is 6.13. The Morgan fingerprint density at radius 2 is 1.71 bits per heavy atom. The zero-order valence-corrected chi connectivity index (χ0v) is 17.6. The van der Waals surface area contributed by atoms with Crippen molar-refractivity contribution >= 4 is 15.7 Å². The van der Waals surface area contributed by atoms with Crippen LogP contribution in [0.1, 0.15) is 28.8 Å². The Morgan fingerprint density at radius 1 is 1.00 bits per heavy atom. The Labute approximate surface area is 189 Å². The van der Waals surface area contributed by atoms with E-state index < -0.39 is 33.9 Å². The number of pyridine rings is 1. The molecule has 0 fully saturated rings. The number of nitrogens with zero attached hydrogens (tertiary/aromatic N) is 4. The molecule has 2 N–H and O–H groups in total. The van der Waals surface area contributed by atoms with Crippen LogP contribution in [0.5, 0.6) is 0 Å². The summed E-state index contributed by atoms with van der Waals surface area (Å²) in [6.07, 6.45) is -4.00. The van der Waals surface area contributed by atoms with Crippen LogP contribution >= 0.6 is 0 Å². The van der Waals surface area contributed by atoms with Crippen molar-refractivity contribution < 1.29 is 30.4 Å². The maximum absolute atomic E-state index is 13.7. The molecule has 3 aromatic heterocycles. The van der Waals surface area contributed by atoms with E-state index in [9.17, 15) is 30.4 Å². The number of primary sulfonamides is 1. The predicted molar refractivity (Wildman–Crippen MR) is 110 cm³/mol. The molecule has 0 amide bonds. The summed E-state index contributed by atoms with van der Waals surface area (Å²) in [5, 5.41) is 8.95. The SMILES string of the molecule is NS(=O)(=O)c1cncc(C#Cc2cnn3c(C(F)F)cc(-c4ccc(C(F)(F)F)cc4)nc23)c1. The molecule has 0 atom stereocenters. The monoisotopic (exact) mass is 493 g/mol. The van der Waals surface area contributed by atoms with Gasteiger partial charge >= 0.3 is 6.18 Å². The summed E-state index contributed by atoms with van der Waals surface area (Å²) in [7, 11) is -4.01. The van der Waals surface area contributed by atoms with Crippen molar-refractivity contribution in [2.24, 2.45) is 5.14 Å². The molecule has 7 nitrogen and oxygen atoms in total. The first-order valence-corrected chi connectivity index (χ1v) is 10.8. The van der Waals surface area contributed by atoms with E-state index in [1.54, 1.807) is 0 Å². The topological polar surface area (TPSA) is 103 Å². The summed E-state index contributed by atoms with van der Waals surface area (Å²) in [5.41, 5.74) is -1.00. The number of rotatable bonds is 3. The van der Waals surface area contributed by atoms with Crippen LogP contribution in [0.2, 0.25) is 0 Å². The van der Waals surface area contributed by atoms with Gasteiger partial charge in [-0.05, 0) is 24.3 Å². The smallest absolute Gasteiger partial charge is 0.262 e. The average molecular weight is 493 g/mol. The zero-order valence-electron chi connectivity index (χ0n) is 16.8. The fourth-order valence-electron chi connectivity index (χ4n) is 2.99. The number of nitrogens with two attached hydrogens (primary N) is 1. The molecule has 0 aliphatic heterocycles. The molecule has 1 aromatic carbocycles. The summed E-state index contributed by atoms with van der Waals surface area (Å²) in [5.74, 6) is 5.32. The second-order valence-corrected chi connectivity index (χ2v) is 8.50. The van der Waals surface area contributed by atoms with Crippen molar-refractivity contribution in [3.63, 3.8) is 0 Å². The van der Waals surface area contributed by atoms with Crippen LogP contribution < -0.4 is 5.14 Å². The Bertz CT molecular complexity index is 1550. The second-order valence-electron chi connectivity index (χ2n) is 6.94. The van der Waals surface area contributed by atoms with Gasteiger partial charge in [0.1, 0.15) is 10.6 Å². The number of alkyl halides is 5. The quantitative estimate of drug-likeness (QED) is 0.346. The molecule has 0 spiro atoms. The van der Waals surface area contributed by atoms with E-state index in [1.807, 2.05) is 0 Å². The minimum Gasteiger partial charge on any atom is -0.262 e. The Kier molecular flexibility index (Phi) is 5.80. The van der Waals surface area contributed by atoms with Crippen molar-refractivity contribution in [3.8, 4) is 23.1 Å². The number of sulfonamides is 1. The van der Waals surface area contributed by atoms with Crippen LogP contribution in [0.25, 0.3) is 16.9 Å². The lowest BCUT2D eigenvalue weighted by Gasteiger charge is -2.10. The van der Waals surface area contributed by atoms with E-state index in [4.69, 9.17) is 5.14 Å². The van der Waals surface area contributed by atoms with Crippen molar-refractivity contribution in [3.05, 3.63) is 77.4 Å². The molecule has 174 valence electrons. The van der Waals surface area contributed by atoms with Crippen LogP contribution in [0.3, 0.4) is 0 Å². The Balaban J connectivity index is 1.81. The highest BCUT2D eigenvalue weighted by atomic mass is 32.2. The Hall–Kier alpha value is -3.89. The maximum atomic E-state index is 13.7. The number of benzene rings is 1. The van der Waals surface area contributed by atoms with Crippen molar-refractivity contribution in [1.82, 2.24) is 19.6 Å². The summed E-state index contributed by atoms with van der Waals surface area (Å²) >= 11 is 0. The van der Waals surface area contributed by atoms with E-state index >= 15 is 0 Å². The maximum Gasteiger partial charge on any atom is 0.416 e. The molecule has 13 heteroatoms. The molecule has 4 aromatic rings. The van der Waals surface area contributed by atoms with Gasteiger partial charge in [0.15, 0.2) is 5.65 Å². The normalized spacial score (nSPS) is 12.1. The van der Waals surface area contributed by atoms with Crippen LogP contribution in [0.4, 0.5) is 22.0 Å². The summed E-state index contributed by atoms with van der Waals surface area (Å²) in [6.45, 7) is 0. The lowest BCUT2D eigenvalue weighted by Crippen LogP contribution is -2.12. The first-order chi connectivity index (χ1) is 15.9. The van der Waals surface area contributed by atoms with E-state index in [2.05, 4.69) is 26.9 Å². The largest absolute Gasteiger partial charge is 0.416 e. The lowest BCUT2D eigenvalue weighted by atomic mass is 10.1. The molecule has 0 unspecified atom stereocenters. The van der Waals surface area contributed by atoms with Gasteiger partial charge in [0.25, 0.3) is 6.43 Å². The molecule has 4 rings (SSSR count). The molecule has 0 saturated carbocycles. The summed E-state index contributed by atoms with van der Waals surface area (Å²) < 4.78 is 89.7. The fourth-order valence-corrected chi connectivity index (χ4v) is 3.49. The Morgan fingerprint density at radius 3 is 2.32 bits per heavy atom. The third kappa shape index (κ3) is 4.73. The molecule has 0 bridgehead atoms. The van der Waals surface area contributed by atoms with Gasteiger partial charge in [-0.25, -0.2) is 31.8 Å². The molecule has 3 heterocycles. The van der Waals surface area contributed by atoms with Gasteiger partial charge in [0.05, 0.1) is 23.0 Å². The predicted octanol–water partition coefficient (Wildman–Crippen LogP) is 3.79. The minimum absolute atomic E-state index is 0.00189. The van der Waals surface area contributed by atoms with Crippen molar-refractivity contribution in [2.45, 2.75) is 17.5 Å². The molecule has 34 heavy (non-hydrogen) atoms. The van der Waals surface area contributed by atoms with Gasteiger partial charge in [-0.15, -0.1) is 0 Å². The molecule has 0 radical (unpaired) electrons. The van der Waals surface area contributed by atoms with E-state index in [0.29, 0.717) is 0 Å². The average Bonchev–Trinajstić information content (AvgIpc) is 3.19. The van der Waals surface area contributed by atoms with Gasteiger partial charge in [0, 0.05) is 23.5 Å². The van der Waals surface area contributed by atoms with Crippen LogP contribution in [-0.2, 0) is 16.2 Å². The highest BCUT2D eigenvalue weighted by Crippen LogP contribution is 2.32. The van der Waals surface area contributed by atoms with Gasteiger partial charge in [-0.2, -0.15) is 18.3 Å². The number of fused-ring (bicyclic) bond motifs is 1. The zero-order chi connectivity index (χ0) is 24.7. The summed E-state index contributed by atoms with van der Waals surface area (Å²) in [4.78, 5) is 7.75. The molecule has 0 saturated heterocycles. The first-order valence-electron chi connectivity index (χ1n) is 9.28.